The molecule has 6 rings (SSSR count). The summed E-state index contributed by atoms with van der Waals surface area (Å²) in [6.45, 7) is 5.86. The van der Waals surface area contributed by atoms with E-state index in [1.165, 1.54) is 35.7 Å². The van der Waals surface area contributed by atoms with Gasteiger partial charge in [0.25, 0.3) is 5.92 Å². The zero-order chi connectivity index (χ0) is 35.6. The van der Waals surface area contributed by atoms with Crippen molar-refractivity contribution in [3.63, 3.8) is 0 Å². The van der Waals surface area contributed by atoms with E-state index in [2.05, 4.69) is 40.5 Å². The van der Waals surface area contributed by atoms with Gasteiger partial charge in [0.2, 0.25) is 11.8 Å². The van der Waals surface area contributed by atoms with E-state index in [4.69, 9.17) is 0 Å². The van der Waals surface area contributed by atoms with Gasteiger partial charge < -0.3 is 10.6 Å². The van der Waals surface area contributed by atoms with Gasteiger partial charge in [0.05, 0.1) is 0 Å². The van der Waals surface area contributed by atoms with Crippen molar-refractivity contribution >= 4 is 40.1 Å². The van der Waals surface area contributed by atoms with Crippen molar-refractivity contribution in [2.45, 2.75) is 109 Å². The average molecular weight is 727 g/mol. The lowest BCUT2D eigenvalue weighted by atomic mass is 9.92. The van der Waals surface area contributed by atoms with Gasteiger partial charge in [-0.3, -0.25) is 4.79 Å². The Labute approximate surface area is 287 Å². The second-order valence-electron chi connectivity index (χ2n) is 12.5. The van der Waals surface area contributed by atoms with Gasteiger partial charge >= 0.3 is 0 Å². The highest BCUT2D eigenvalue weighted by molar-refractivity contribution is 7.13. The third-order valence-electron chi connectivity index (χ3n) is 8.02. The number of thiazole rings is 2. The van der Waals surface area contributed by atoms with Crippen molar-refractivity contribution in [3.05, 3.63) is 45.7 Å². The van der Waals surface area contributed by atoms with Crippen LogP contribution in [0.25, 0.3) is 21.7 Å². The van der Waals surface area contributed by atoms with Crippen molar-refractivity contribution in [2.24, 2.45) is 0 Å². The first-order valence-corrected chi connectivity index (χ1v) is 17.5. The molecule has 0 radical (unpaired) electrons. The lowest BCUT2D eigenvalue weighted by molar-refractivity contribution is -0.0366. The maximum absolute atomic E-state index is 13.8. The molecule has 0 saturated heterocycles. The summed E-state index contributed by atoms with van der Waals surface area (Å²) < 4.78 is 80.6. The average Bonchev–Trinajstić information content (AvgIpc) is 3.67. The van der Waals surface area contributed by atoms with Gasteiger partial charge in [-0.15, -0.1) is 22.7 Å². The Kier molecular flexibility index (Phi) is 10.9. The molecule has 2 N–H and O–H groups in total. The third-order valence-corrected chi connectivity index (χ3v) is 9.93. The number of ketones is 1. The second kappa shape index (κ2) is 14.6. The number of nitrogens with zero attached hydrogens (tertiary/aromatic N) is 6. The van der Waals surface area contributed by atoms with E-state index in [1.54, 1.807) is 18.4 Å². The van der Waals surface area contributed by atoms with Crippen LogP contribution in [0.4, 0.5) is 38.0 Å². The zero-order valence-electron chi connectivity index (χ0n) is 27.3. The van der Waals surface area contributed by atoms with Crippen LogP contribution in [0.3, 0.4) is 0 Å². The molecule has 0 spiro atoms. The topological polar surface area (TPSA) is 118 Å². The molecule has 4 aromatic rings. The molecule has 0 unspecified atom stereocenters. The van der Waals surface area contributed by atoms with Crippen LogP contribution in [0.15, 0.2) is 22.9 Å². The number of Topliss-reactive ketones (excluding diaryl/α,β-unsaturated/α-hetero) is 1. The van der Waals surface area contributed by atoms with E-state index in [0.29, 0.717) is 34.5 Å². The molecule has 2 fully saturated rings. The number of halogens is 6. The fourth-order valence-corrected chi connectivity index (χ4v) is 6.80. The van der Waals surface area contributed by atoms with Gasteiger partial charge in [0.1, 0.15) is 23.0 Å². The number of aromatic nitrogens is 6. The number of nitrogens with one attached hydrogen (secondary N) is 2. The van der Waals surface area contributed by atoms with E-state index >= 15 is 0 Å². The molecule has 0 amide bonds. The van der Waals surface area contributed by atoms with E-state index in [9.17, 15) is 31.1 Å². The molecule has 9 nitrogen and oxygen atoms in total. The van der Waals surface area contributed by atoms with Gasteiger partial charge in [0.15, 0.2) is 27.4 Å². The molecule has 4 heterocycles. The fraction of sp³-hybridized carbons (Fsp3) is 0.531. The second-order valence-corrected chi connectivity index (χ2v) is 14.2. The molecular formula is C32H36F6N8OS2. The molecule has 0 aliphatic heterocycles. The third kappa shape index (κ3) is 10.2. The minimum absolute atomic E-state index is 0.0785. The van der Waals surface area contributed by atoms with Crippen molar-refractivity contribution < 1.29 is 31.1 Å². The fourth-order valence-electron chi connectivity index (χ4n) is 5.34. The molecule has 2 aliphatic carbocycles. The van der Waals surface area contributed by atoms with Crippen molar-refractivity contribution in [1.29, 1.82) is 0 Å². The number of hydrogen-bond acceptors (Lipinski definition) is 11. The normalized spacial score (nSPS) is 18.0. The molecule has 4 aromatic heterocycles. The van der Waals surface area contributed by atoms with Crippen LogP contribution < -0.4 is 10.6 Å². The van der Waals surface area contributed by atoms with Crippen molar-refractivity contribution in [3.8, 4) is 21.7 Å². The lowest BCUT2D eigenvalue weighted by Gasteiger charge is -2.29. The van der Waals surface area contributed by atoms with Crippen LogP contribution in [-0.2, 0) is 5.92 Å². The Morgan fingerprint density at radius 1 is 0.735 bits per heavy atom. The summed E-state index contributed by atoms with van der Waals surface area (Å²) in [5.41, 5.74) is 1.47. The Morgan fingerprint density at radius 3 is 1.55 bits per heavy atom. The Morgan fingerprint density at radius 2 is 1.16 bits per heavy atom. The highest BCUT2D eigenvalue weighted by atomic mass is 32.1. The summed E-state index contributed by atoms with van der Waals surface area (Å²) >= 11 is 2.67. The van der Waals surface area contributed by atoms with Gasteiger partial charge in [0, 0.05) is 85.9 Å². The van der Waals surface area contributed by atoms with Crippen molar-refractivity contribution in [1.82, 2.24) is 29.9 Å². The highest BCUT2D eigenvalue weighted by Gasteiger charge is 2.36. The first-order valence-electron chi connectivity index (χ1n) is 15.8. The lowest BCUT2D eigenvalue weighted by Crippen LogP contribution is -2.32. The van der Waals surface area contributed by atoms with Gasteiger partial charge in [-0.05, 0) is 39.5 Å². The number of anilines is 2. The number of alkyl halides is 6. The quantitative estimate of drug-likeness (QED) is 0.135. The number of aryl methyl sites for hydroxylation is 2. The number of hydrogen-bond donors (Lipinski definition) is 2. The summed E-state index contributed by atoms with van der Waals surface area (Å²) in [6, 6.07) is 2.44. The van der Waals surface area contributed by atoms with Crippen molar-refractivity contribution in [2.75, 3.05) is 10.6 Å². The van der Waals surface area contributed by atoms with E-state index in [-0.39, 0.29) is 73.7 Å². The van der Waals surface area contributed by atoms with Crippen LogP contribution in [0.1, 0.15) is 92.8 Å². The predicted octanol–water partition coefficient (Wildman–Crippen LogP) is 9.11. The van der Waals surface area contributed by atoms with E-state index < -0.39 is 23.5 Å². The SMILES string of the molecule is CC(=O)c1cc(NC2CCC(F)(F)CC2)nc(-c2nc(C)cs2)n1.Cc1csc(-c2nc(NC3CCC(F)(F)CC3)cc(C(C)(F)F)n2)n1. The number of rotatable bonds is 8. The molecule has 0 aromatic carbocycles. The van der Waals surface area contributed by atoms with Crippen LogP contribution in [0.5, 0.6) is 0 Å². The smallest absolute Gasteiger partial charge is 0.287 e. The first-order chi connectivity index (χ1) is 22.9. The monoisotopic (exact) mass is 726 g/mol. The van der Waals surface area contributed by atoms with E-state index in [0.717, 1.165) is 18.3 Å². The summed E-state index contributed by atoms with van der Waals surface area (Å²) in [7, 11) is 0. The zero-order valence-corrected chi connectivity index (χ0v) is 28.9. The minimum atomic E-state index is -3.14. The summed E-state index contributed by atoms with van der Waals surface area (Å²) in [4.78, 5) is 37.2. The van der Waals surface area contributed by atoms with Gasteiger partial charge in [-0.25, -0.2) is 47.5 Å². The minimum Gasteiger partial charge on any atom is -0.367 e. The highest BCUT2D eigenvalue weighted by Crippen LogP contribution is 2.36. The molecule has 0 atom stereocenters. The first kappa shape index (κ1) is 36.5. The van der Waals surface area contributed by atoms with Crippen LogP contribution in [0.2, 0.25) is 0 Å². The Bertz CT molecular complexity index is 1760. The van der Waals surface area contributed by atoms with Crippen LogP contribution >= 0.6 is 22.7 Å². The number of carbonyl (C=O) groups excluding carboxylic acids is 1. The largest absolute Gasteiger partial charge is 0.367 e. The van der Waals surface area contributed by atoms with Gasteiger partial charge in [-0.1, -0.05) is 0 Å². The summed E-state index contributed by atoms with van der Waals surface area (Å²) in [5, 5.41) is 10.9. The molecule has 49 heavy (non-hydrogen) atoms. The number of carbonyl (C=O) groups is 1. The van der Waals surface area contributed by atoms with Crippen LogP contribution in [-0.4, -0.2) is 59.6 Å². The maximum Gasteiger partial charge on any atom is 0.287 e. The molecule has 2 saturated carbocycles. The van der Waals surface area contributed by atoms with Gasteiger partial charge in [-0.2, -0.15) is 8.78 Å². The molecule has 17 heteroatoms. The maximum atomic E-state index is 13.8. The Balaban J connectivity index is 0.000000191. The Hall–Kier alpha value is -3.73. The molecular weight excluding hydrogens is 691 g/mol. The molecule has 0 bridgehead atoms. The molecule has 264 valence electrons. The van der Waals surface area contributed by atoms with E-state index in [1.807, 2.05) is 12.3 Å². The standard InChI is InChI=1S/C16H18F4N4S.C16H18F2N4OS/c1-9-8-25-14(21-9)13-23-11(15(2,17)18)7-12(24-13)22-10-3-5-16(19,20)6-4-10;1-9-8-24-15(19-9)14-21-12(10(2)23)7-13(22-14)20-11-3-5-16(17,18)6-4-11/h7-8,10H,3-6H2,1-2H3,(H,22,23,24);7-8,11H,3-6H2,1-2H3,(H,20,21,22). The van der Waals surface area contributed by atoms with Crippen LogP contribution in [0, 0.1) is 13.8 Å². The predicted molar refractivity (Wildman–Crippen MR) is 177 cm³/mol. The molecule has 2 aliphatic rings. The summed E-state index contributed by atoms with van der Waals surface area (Å²) in [6.07, 6.45) is 0.579. The summed E-state index contributed by atoms with van der Waals surface area (Å²) in [5.74, 6) is -7.35.